The van der Waals surface area contributed by atoms with Crippen LogP contribution in [0.3, 0.4) is 0 Å². The summed E-state index contributed by atoms with van der Waals surface area (Å²) >= 11 is 0. The third kappa shape index (κ3) is 3.17. The lowest BCUT2D eigenvalue weighted by Crippen LogP contribution is -3.11. The molecule has 0 aliphatic heterocycles. The number of phenolic OH excluding ortho intramolecular Hbond substituents is 1. The fourth-order valence-corrected chi connectivity index (χ4v) is 2.34. The van der Waals surface area contributed by atoms with Gasteiger partial charge >= 0.3 is 0 Å². The maximum atomic E-state index is 9.98. The van der Waals surface area contributed by atoms with E-state index in [9.17, 15) is 5.11 Å². The molecule has 0 amide bonds. The molecule has 0 spiro atoms. The largest absolute Gasteiger partial charge is 0.507 e. The first-order chi connectivity index (χ1) is 9.65. The summed E-state index contributed by atoms with van der Waals surface area (Å²) in [5.41, 5.74) is 0.739. The lowest BCUT2D eigenvalue weighted by Gasteiger charge is -2.15. The normalized spacial score (nSPS) is 11.2. The molecule has 0 radical (unpaired) electrons. The Morgan fingerprint density at radius 3 is 2.55 bits per heavy atom. The minimum absolute atomic E-state index is 0.247. The molecule has 2 aromatic rings. The van der Waals surface area contributed by atoms with E-state index in [0.717, 1.165) is 43.4 Å². The Balaban J connectivity index is 2.25. The van der Waals surface area contributed by atoms with Crippen molar-refractivity contribution in [3.63, 3.8) is 0 Å². The van der Waals surface area contributed by atoms with Crippen LogP contribution in [0, 0.1) is 6.92 Å². The van der Waals surface area contributed by atoms with Crippen LogP contribution < -0.4 is 4.90 Å². The minimum atomic E-state index is 0.247. The average molecular weight is 275 g/mol. The third-order valence-corrected chi connectivity index (χ3v) is 3.60. The Kier molecular flexibility index (Phi) is 4.74. The monoisotopic (exact) mass is 275 g/mol. The van der Waals surface area contributed by atoms with Crippen molar-refractivity contribution in [2.24, 2.45) is 0 Å². The Hall–Kier alpha value is -1.88. The van der Waals surface area contributed by atoms with Crippen molar-refractivity contribution in [3.8, 4) is 17.1 Å². The van der Waals surface area contributed by atoms with Crippen LogP contribution in [-0.2, 0) is 6.54 Å². The van der Waals surface area contributed by atoms with Gasteiger partial charge in [0, 0.05) is 0 Å². The molecule has 0 bridgehead atoms. The highest BCUT2D eigenvalue weighted by Gasteiger charge is 2.14. The number of para-hydroxylation sites is 1. The molecule has 5 heteroatoms. The van der Waals surface area contributed by atoms with Crippen molar-refractivity contribution < 1.29 is 10.0 Å². The van der Waals surface area contributed by atoms with Gasteiger partial charge < -0.3 is 10.0 Å². The van der Waals surface area contributed by atoms with Gasteiger partial charge in [-0.3, -0.25) is 0 Å². The molecule has 1 aromatic heterocycles. The zero-order valence-electron chi connectivity index (χ0n) is 12.4. The topological polar surface area (TPSA) is 55.4 Å². The van der Waals surface area contributed by atoms with E-state index in [4.69, 9.17) is 0 Å². The SMILES string of the molecule is CC[NH+](CC)CCn1nc(C)nc1-c1ccccc1O. The van der Waals surface area contributed by atoms with Crippen molar-refractivity contribution >= 4 is 0 Å². The van der Waals surface area contributed by atoms with E-state index in [1.54, 1.807) is 6.07 Å². The van der Waals surface area contributed by atoms with Gasteiger partial charge in [0.05, 0.1) is 31.7 Å². The lowest BCUT2D eigenvalue weighted by atomic mass is 10.2. The van der Waals surface area contributed by atoms with E-state index in [1.807, 2.05) is 29.8 Å². The number of nitrogens with zero attached hydrogens (tertiary/aromatic N) is 3. The second-order valence-electron chi connectivity index (χ2n) is 4.93. The maximum Gasteiger partial charge on any atom is 0.162 e. The summed E-state index contributed by atoms with van der Waals surface area (Å²) in [7, 11) is 0. The summed E-state index contributed by atoms with van der Waals surface area (Å²) in [6.45, 7) is 10.3. The summed E-state index contributed by atoms with van der Waals surface area (Å²) in [5, 5.41) is 14.4. The first-order valence-electron chi connectivity index (χ1n) is 7.19. The van der Waals surface area contributed by atoms with Crippen molar-refractivity contribution in [1.29, 1.82) is 0 Å². The van der Waals surface area contributed by atoms with Gasteiger partial charge in [0.2, 0.25) is 0 Å². The fourth-order valence-electron chi connectivity index (χ4n) is 2.34. The number of likely N-dealkylation sites (N-methyl/N-ethyl adjacent to an activating group) is 1. The molecule has 20 heavy (non-hydrogen) atoms. The molecule has 5 nitrogen and oxygen atoms in total. The molecule has 2 rings (SSSR count). The lowest BCUT2D eigenvalue weighted by molar-refractivity contribution is -0.897. The molecular weight excluding hydrogens is 252 g/mol. The zero-order chi connectivity index (χ0) is 14.5. The number of benzene rings is 1. The van der Waals surface area contributed by atoms with Crippen molar-refractivity contribution in [2.45, 2.75) is 27.3 Å². The zero-order valence-corrected chi connectivity index (χ0v) is 12.4. The summed E-state index contributed by atoms with van der Waals surface area (Å²) in [5.74, 6) is 1.72. The molecule has 0 atom stereocenters. The molecular formula is C15H23N4O+. The number of hydrogen-bond donors (Lipinski definition) is 2. The van der Waals surface area contributed by atoms with E-state index >= 15 is 0 Å². The van der Waals surface area contributed by atoms with Crippen molar-refractivity contribution in [1.82, 2.24) is 14.8 Å². The Bertz CT molecular complexity index is 561. The summed E-state index contributed by atoms with van der Waals surface area (Å²) in [4.78, 5) is 5.98. The van der Waals surface area contributed by atoms with Gasteiger partial charge in [0.15, 0.2) is 5.82 Å². The van der Waals surface area contributed by atoms with Crippen LogP contribution in [0.2, 0.25) is 0 Å². The van der Waals surface area contributed by atoms with Crippen LogP contribution in [0.5, 0.6) is 5.75 Å². The predicted octanol–water partition coefficient (Wildman–Crippen LogP) is 0.884. The van der Waals surface area contributed by atoms with Gasteiger partial charge in [0.1, 0.15) is 11.6 Å². The van der Waals surface area contributed by atoms with E-state index in [2.05, 4.69) is 23.9 Å². The predicted molar refractivity (Wildman–Crippen MR) is 78.8 cm³/mol. The first kappa shape index (κ1) is 14.5. The number of aryl methyl sites for hydroxylation is 1. The average Bonchev–Trinajstić information content (AvgIpc) is 2.81. The number of phenols is 1. The van der Waals surface area contributed by atoms with E-state index < -0.39 is 0 Å². The molecule has 0 unspecified atom stereocenters. The van der Waals surface area contributed by atoms with E-state index in [0.29, 0.717) is 0 Å². The smallest absolute Gasteiger partial charge is 0.162 e. The molecule has 0 aliphatic carbocycles. The molecule has 0 aliphatic rings. The van der Waals surface area contributed by atoms with Gasteiger partial charge in [-0.1, -0.05) is 12.1 Å². The quantitative estimate of drug-likeness (QED) is 0.823. The summed E-state index contributed by atoms with van der Waals surface area (Å²) < 4.78 is 1.90. The van der Waals surface area contributed by atoms with Crippen LogP contribution in [0.25, 0.3) is 11.4 Å². The van der Waals surface area contributed by atoms with Gasteiger partial charge in [-0.15, -0.1) is 0 Å². The number of hydrogen-bond acceptors (Lipinski definition) is 3. The Morgan fingerprint density at radius 1 is 1.20 bits per heavy atom. The molecule has 1 heterocycles. The van der Waals surface area contributed by atoms with E-state index in [1.165, 1.54) is 4.90 Å². The highest BCUT2D eigenvalue weighted by atomic mass is 16.3. The van der Waals surface area contributed by atoms with Crippen LogP contribution in [-0.4, -0.2) is 39.5 Å². The molecule has 0 fully saturated rings. The molecule has 0 saturated heterocycles. The highest BCUT2D eigenvalue weighted by Crippen LogP contribution is 2.26. The minimum Gasteiger partial charge on any atom is -0.507 e. The van der Waals surface area contributed by atoms with Crippen molar-refractivity contribution in [2.75, 3.05) is 19.6 Å². The summed E-state index contributed by atoms with van der Waals surface area (Å²) in [6.07, 6.45) is 0. The van der Waals surface area contributed by atoms with Gasteiger partial charge in [-0.2, -0.15) is 5.10 Å². The third-order valence-electron chi connectivity index (χ3n) is 3.60. The van der Waals surface area contributed by atoms with Crippen molar-refractivity contribution in [3.05, 3.63) is 30.1 Å². The number of nitrogens with one attached hydrogen (secondary N) is 1. The molecule has 2 N–H and O–H groups in total. The number of aromatic nitrogens is 3. The molecule has 1 aromatic carbocycles. The maximum absolute atomic E-state index is 9.98. The van der Waals surface area contributed by atoms with E-state index in [-0.39, 0.29) is 5.75 Å². The van der Waals surface area contributed by atoms with Crippen LogP contribution in [0.1, 0.15) is 19.7 Å². The second kappa shape index (κ2) is 6.52. The van der Waals surface area contributed by atoms with Gasteiger partial charge in [-0.05, 0) is 32.9 Å². The number of quaternary nitrogens is 1. The Morgan fingerprint density at radius 2 is 1.90 bits per heavy atom. The number of rotatable bonds is 6. The molecule has 0 saturated carbocycles. The highest BCUT2D eigenvalue weighted by molar-refractivity contribution is 5.63. The standard InChI is InChI=1S/C15H22N4O/c1-4-18(5-2)10-11-19-15(16-12(3)17-19)13-8-6-7-9-14(13)20/h6-9,20H,4-5,10-11H2,1-3H3/p+1. The fraction of sp³-hybridized carbons (Fsp3) is 0.467. The summed E-state index contributed by atoms with van der Waals surface area (Å²) in [6, 6.07) is 7.27. The first-order valence-corrected chi connectivity index (χ1v) is 7.19. The molecule has 108 valence electrons. The second-order valence-corrected chi connectivity index (χ2v) is 4.93. The van der Waals surface area contributed by atoms with Crippen LogP contribution in [0.15, 0.2) is 24.3 Å². The number of aromatic hydroxyl groups is 1. The van der Waals surface area contributed by atoms with Gasteiger partial charge in [0.25, 0.3) is 0 Å². The van der Waals surface area contributed by atoms with Crippen LogP contribution in [0.4, 0.5) is 0 Å². The van der Waals surface area contributed by atoms with Crippen LogP contribution >= 0.6 is 0 Å². The Labute approximate surface area is 119 Å². The van der Waals surface area contributed by atoms with Gasteiger partial charge in [-0.25, -0.2) is 9.67 Å².